The summed E-state index contributed by atoms with van der Waals surface area (Å²) in [5.41, 5.74) is 1.32. The van der Waals surface area contributed by atoms with Gasteiger partial charge < -0.3 is 19.9 Å². The van der Waals surface area contributed by atoms with Crippen LogP contribution in [0.15, 0.2) is 12.7 Å². The number of hydrogen-bond acceptors (Lipinski definition) is 6. The van der Waals surface area contributed by atoms with Crippen LogP contribution in [0.25, 0.3) is 11.2 Å². The first-order valence-corrected chi connectivity index (χ1v) is 8.88. The maximum absolute atomic E-state index is 12.1. The van der Waals surface area contributed by atoms with Crippen LogP contribution in [0.5, 0.6) is 0 Å². The number of aromatic amines is 1. The molecule has 2 heterocycles. The molecule has 8 heteroatoms. The molecule has 2 N–H and O–H groups in total. The molecule has 1 amide bonds. The standard InChI is InChI=1S/C17H26N6O2/c1-12-5-3-4-6-13(12)25-8-7-18-14(24)9-23(2)17-15-16(20-10-19-15)21-11-22-17/h10-13H,3-9H2,1-2H3,(H,18,24)(H,19,20,21,22)/t12-,13-/m0/s1. The van der Waals surface area contributed by atoms with E-state index < -0.39 is 0 Å². The number of aromatic nitrogens is 4. The van der Waals surface area contributed by atoms with E-state index in [1.807, 2.05) is 7.05 Å². The molecule has 0 unspecified atom stereocenters. The molecule has 3 rings (SSSR count). The fourth-order valence-electron chi connectivity index (χ4n) is 3.32. The van der Waals surface area contributed by atoms with Gasteiger partial charge in [-0.3, -0.25) is 4.79 Å². The summed E-state index contributed by atoms with van der Waals surface area (Å²) < 4.78 is 5.92. The number of carbonyl (C=O) groups is 1. The lowest BCUT2D eigenvalue weighted by atomic mass is 9.88. The van der Waals surface area contributed by atoms with Crippen molar-refractivity contribution in [2.24, 2.45) is 5.92 Å². The van der Waals surface area contributed by atoms with Crippen LogP contribution in [-0.4, -0.2) is 58.7 Å². The van der Waals surface area contributed by atoms with Crippen molar-refractivity contribution in [3.63, 3.8) is 0 Å². The van der Waals surface area contributed by atoms with E-state index >= 15 is 0 Å². The molecule has 0 radical (unpaired) electrons. The summed E-state index contributed by atoms with van der Waals surface area (Å²) in [6, 6.07) is 0. The third kappa shape index (κ3) is 4.45. The summed E-state index contributed by atoms with van der Waals surface area (Å²) in [4.78, 5) is 29.3. The van der Waals surface area contributed by atoms with Gasteiger partial charge in [-0.15, -0.1) is 0 Å². The Labute approximate surface area is 147 Å². The Bertz CT molecular complexity index is 703. The molecule has 136 valence electrons. The lowest BCUT2D eigenvalue weighted by molar-refractivity contribution is -0.120. The molecule has 0 aliphatic heterocycles. The van der Waals surface area contributed by atoms with Crippen molar-refractivity contribution >= 4 is 22.9 Å². The summed E-state index contributed by atoms with van der Waals surface area (Å²) in [7, 11) is 1.82. The van der Waals surface area contributed by atoms with Gasteiger partial charge in [-0.1, -0.05) is 19.8 Å². The molecule has 0 spiro atoms. The van der Waals surface area contributed by atoms with Gasteiger partial charge in [0.2, 0.25) is 5.91 Å². The molecule has 2 atom stereocenters. The molecular weight excluding hydrogens is 320 g/mol. The highest BCUT2D eigenvalue weighted by Crippen LogP contribution is 2.26. The highest BCUT2D eigenvalue weighted by Gasteiger charge is 2.21. The van der Waals surface area contributed by atoms with Crippen molar-refractivity contribution in [1.29, 1.82) is 0 Å². The van der Waals surface area contributed by atoms with E-state index in [2.05, 4.69) is 32.2 Å². The largest absolute Gasteiger partial charge is 0.376 e. The van der Waals surface area contributed by atoms with Crippen molar-refractivity contribution in [1.82, 2.24) is 25.3 Å². The maximum atomic E-state index is 12.1. The Morgan fingerprint density at radius 3 is 3.04 bits per heavy atom. The number of fused-ring (bicyclic) bond motifs is 1. The first-order chi connectivity index (χ1) is 12.1. The van der Waals surface area contributed by atoms with Gasteiger partial charge in [0.15, 0.2) is 11.5 Å². The first-order valence-electron chi connectivity index (χ1n) is 8.88. The minimum Gasteiger partial charge on any atom is -0.376 e. The Morgan fingerprint density at radius 2 is 2.20 bits per heavy atom. The maximum Gasteiger partial charge on any atom is 0.239 e. The van der Waals surface area contributed by atoms with Crippen LogP contribution < -0.4 is 10.2 Å². The molecule has 2 aromatic heterocycles. The van der Waals surface area contributed by atoms with Gasteiger partial charge in [0.25, 0.3) is 0 Å². The van der Waals surface area contributed by atoms with Gasteiger partial charge in [-0.25, -0.2) is 15.0 Å². The van der Waals surface area contributed by atoms with Gasteiger partial charge >= 0.3 is 0 Å². The highest BCUT2D eigenvalue weighted by molar-refractivity contribution is 5.86. The van der Waals surface area contributed by atoms with Crippen molar-refractivity contribution < 1.29 is 9.53 Å². The third-order valence-electron chi connectivity index (χ3n) is 4.73. The van der Waals surface area contributed by atoms with Gasteiger partial charge in [0.1, 0.15) is 11.8 Å². The van der Waals surface area contributed by atoms with Gasteiger partial charge in [0, 0.05) is 13.6 Å². The highest BCUT2D eigenvalue weighted by atomic mass is 16.5. The normalized spacial score (nSPS) is 20.6. The smallest absolute Gasteiger partial charge is 0.239 e. The zero-order chi connectivity index (χ0) is 17.6. The van der Waals surface area contributed by atoms with Crippen molar-refractivity contribution in [3.05, 3.63) is 12.7 Å². The summed E-state index contributed by atoms with van der Waals surface area (Å²) in [5, 5.41) is 2.90. The fourth-order valence-corrected chi connectivity index (χ4v) is 3.32. The summed E-state index contributed by atoms with van der Waals surface area (Å²) >= 11 is 0. The average Bonchev–Trinajstić information content (AvgIpc) is 3.08. The average molecular weight is 346 g/mol. The number of imidazole rings is 1. The van der Waals surface area contributed by atoms with E-state index in [1.54, 1.807) is 11.2 Å². The number of nitrogens with one attached hydrogen (secondary N) is 2. The van der Waals surface area contributed by atoms with Crippen LogP contribution >= 0.6 is 0 Å². The second-order valence-corrected chi connectivity index (χ2v) is 6.68. The molecule has 1 fully saturated rings. The number of hydrogen-bond donors (Lipinski definition) is 2. The van der Waals surface area contributed by atoms with Gasteiger partial charge in [-0.2, -0.15) is 0 Å². The second kappa shape index (κ2) is 8.24. The van der Waals surface area contributed by atoms with Crippen molar-refractivity contribution in [2.45, 2.75) is 38.7 Å². The van der Waals surface area contributed by atoms with Crippen LogP contribution in [0.1, 0.15) is 32.6 Å². The summed E-state index contributed by atoms with van der Waals surface area (Å²) in [5.74, 6) is 1.21. The van der Waals surface area contributed by atoms with Crippen LogP contribution in [0.4, 0.5) is 5.82 Å². The first kappa shape index (κ1) is 17.6. The summed E-state index contributed by atoms with van der Waals surface area (Å²) in [6.07, 6.45) is 8.27. The van der Waals surface area contributed by atoms with Crippen LogP contribution in [0.3, 0.4) is 0 Å². The zero-order valence-corrected chi connectivity index (χ0v) is 14.9. The molecule has 2 aromatic rings. The minimum atomic E-state index is -0.0610. The summed E-state index contributed by atoms with van der Waals surface area (Å²) in [6.45, 7) is 3.54. The van der Waals surface area contributed by atoms with E-state index in [1.165, 1.54) is 25.6 Å². The third-order valence-corrected chi connectivity index (χ3v) is 4.73. The van der Waals surface area contributed by atoms with Crippen LogP contribution in [0.2, 0.25) is 0 Å². The molecule has 0 saturated heterocycles. The number of amides is 1. The number of ether oxygens (including phenoxy) is 1. The van der Waals surface area contributed by atoms with E-state index in [0.717, 1.165) is 11.9 Å². The number of nitrogens with zero attached hydrogens (tertiary/aromatic N) is 4. The monoisotopic (exact) mass is 346 g/mol. The Balaban J connectivity index is 1.42. The molecule has 0 bridgehead atoms. The topological polar surface area (TPSA) is 96.0 Å². The van der Waals surface area contributed by atoms with Gasteiger partial charge in [-0.05, 0) is 18.8 Å². The van der Waals surface area contributed by atoms with E-state index in [-0.39, 0.29) is 12.5 Å². The molecule has 8 nitrogen and oxygen atoms in total. The predicted octanol–water partition coefficient (Wildman–Crippen LogP) is 1.50. The lowest BCUT2D eigenvalue weighted by Gasteiger charge is -2.28. The minimum absolute atomic E-state index is 0.0610. The molecule has 1 saturated carbocycles. The fraction of sp³-hybridized carbons (Fsp3) is 0.647. The van der Waals surface area contributed by atoms with Gasteiger partial charge in [0.05, 0.1) is 25.6 Å². The Morgan fingerprint density at radius 1 is 1.36 bits per heavy atom. The number of carbonyl (C=O) groups excluding carboxylic acids is 1. The second-order valence-electron chi connectivity index (χ2n) is 6.68. The quantitative estimate of drug-likeness (QED) is 0.738. The zero-order valence-electron chi connectivity index (χ0n) is 14.9. The van der Waals surface area contributed by atoms with Crippen LogP contribution in [-0.2, 0) is 9.53 Å². The Kier molecular flexibility index (Phi) is 5.80. The molecule has 25 heavy (non-hydrogen) atoms. The predicted molar refractivity (Wildman–Crippen MR) is 95.3 cm³/mol. The SMILES string of the molecule is C[C@H]1CCCC[C@@H]1OCCNC(=O)CN(C)c1ncnc2nc[nH]c12. The number of rotatable bonds is 7. The Hall–Kier alpha value is -2.22. The van der Waals surface area contributed by atoms with Crippen LogP contribution in [0, 0.1) is 5.92 Å². The van der Waals surface area contributed by atoms with Crippen molar-refractivity contribution in [3.8, 4) is 0 Å². The van der Waals surface area contributed by atoms with E-state index in [0.29, 0.717) is 36.6 Å². The number of H-pyrrole nitrogens is 1. The molecule has 1 aliphatic carbocycles. The number of likely N-dealkylation sites (N-methyl/N-ethyl adjacent to an activating group) is 1. The van der Waals surface area contributed by atoms with E-state index in [4.69, 9.17) is 4.74 Å². The molecular formula is C17H26N6O2. The molecule has 1 aliphatic rings. The molecule has 0 aromatic carbocycles. The number of anilines is 1. The van der Waals surface area contributed by atoms with E-state index in [9.17, 15) is 4.79 Å². The lowest BCUT2D eigenvalue weighted by Crippen LogP contribution is -2.38. The van der Waals surface area contributed by atoms with Crippen molar-refractivity contribution in [2.75, 3.05) is 31.6 Å².